The molecular formula is C29H31N7O3. The largest absolute Gasteiger partial charge is 0.444 e. The quantitative estimate of drug-likeness (QED) is 0.343. The van der Waals surface area contributed by atoms with Gasteiger partial charge in [-0.1, -0.05) is 12.1 Å². The molecule has 1 saturated heterocycles. The normalized spacial score (nSPS) is 15.9. The van der Waals surface area contributed by atoms with Crippen LogP contribution in [0.1, 0.15) is 33.2 Å². The van der Waals surface area contributed by atoms with Gasteiger partial charge < -0.3 is 9.64 Å². The number of ether oxygens (including phenoxy) is 1. The lowest BCUT2D eigenvalue weighted by atomic mass is 10.0. The molecule has 200 valence electrons. The van der Waals surface area contributed by atoms with Crippen molar-refractivity contribution in [3.05, 3.63) is 65.6 Å². The number of nitrogens with zero attached hydrogens (tertiary/aromatic N) is 7. The second-order valence-electron chi connectivity index (χ2n) is 11.1. The van der Waals surface area contributed by atoms with Gasteiger partial charge in [0.1, 0.15) is 5.60 Å². The number of aromatic nitrogens is 6. The van der Waals surface area contributed by atoms with Crippen LogP contribution in [0.5, 0.6) is 0 Å². The van der Waals surface area contributed by atoms with E-state index in [1.54, 1.807) is 33.6 Å². The van der Waals surface area contributed by atoms with Gasteiger partial charge in [0.25, 0.3) is 0 Å². The number of aryl methyl sites for hydroxylation is 2. The van der Waals surface area contributed by atoms with Crippen molar-refractivity contribution < 1.29 is 9.53 Å². The van der Waals surface area contributed by atoms with E-state index < -0.39 is 5.60 Å². The molecule has 4 aromatic heterocycles. The molecule has 10 nitrogen and oxygen atoms in total. The zero-order valence-electron chi connectivity index (χ0n) is 22.8. The standard InChI is InChI=1S/C29H31N7O3/c1-29(2,3)39-28(38)35-11-10-21(17-35)36-26-22-12-18(6-9-24(22)31-15-25(26)34(5)27(36)37)19-7-8-23(30-13-19)20-14-32-33(4)16-20/h6-9,12-16,21H,10-11,17H2,1-5H3. The van der Waals surface area contributed by atoms with Crippen LogP contribution < -0.4 is 5.69 Å². The number of carbonyl (C=O) groups excluding carboxylic acids is 1. The smallest absolute Gasteiger partial charge is 0.410 e. The summed E-state index contributed by atoms with van der Waals surface area (Å²) in [6, 6.07) is 9.93. The summed E-state index contributed by atoms with van der Waals surface area (Å²) in [6.07, 6.45) is 7.64. The van der Waals surface area contributed by atoms with Crippen molar-refractivity contribution in [3.63, 3.8) is 0 Å². The van der Waals surface area contributed by atoms with E-state index >= 15 is 0 Å². The van der Waals surface area contributed by atoms with E-state index in [1.807, 2.05) is 69.0 Å². The predicted molar refractivity (Wildman–Crippen MR) is 149 cm³/mol. The molecule has 0 radical (unpaired) electrons. The molecule has 1 fully saturated rings. The Labute approximate surface area is 225 Å². The Morgan fingerprint density at radius 2 is 1.79 bits per heavy atom. The summed E-state index contributed by atoms with van der Waals surface area (Å²) in [5, 5.41) is 5.11. The summed E-state index contributed by atoms with van der Waals surface area (Å²) in [5.74, 6) is 0. The van der Waals surface area contributed by atoms with Gasteiger partial charge in [-0.15, -0.1) is 0 Å². The molecule has 1 unspecified atom stereocenters. The molecule has 1 atom stereocenters. The van der Waals surface area contributed by atoms with Crippen molar-refractivity contribution in [1.29, 1.82) is 0 Å². The van der Waals surface area contributed by atoms with Gasteiger partial charge in [-0.3, -0.25) is 23.8 Å². The van der Waals surface area contributed by atoms with Gasteiger partial charge in [-0.05, 0) is 51.0 Å². The van der Waals surface area contributed by atoms with E-state index in [-0.39, 0.29) is 17.8 Å². The summed E-state index contributed by atoms with van der Waals surface area (Å²) < 4.78 is 10.8. The summed E-state index contributed by atoms with van der Waals surface area (Å²) in [4.78, 5) is 37.2. The van der Waals surface area contributed by atoms with Gasteiger partial charge in [0, 0.05) is 56.1 Å². The van der Waals surface area contributed by atoms with Crippen LogP contribution in [0.4, 0.5) is 4.79 Å². The molecule has 0 saturated carbocycles. The summed E-state index contributed by atoms with van der Waals surface area (Å²) in [7, 11) is 3.64. The number of amides is 1. The molecule has 0 N–H and O–H groups in total. The van der Waals surface area contributed by atoms with E-state index in [0.29, 0.717) is 19.5 Å². The maximum Gasteiger partial charge on any atom is 0.410 e. The van der Waals surface area contributed by atoms with Crippen molar-refractivity contribution in [2.24, 2.45) is 14.1 Å². The van der Waals surface area contributed by atoms with Crippen LogP contribution in [0.3, 0.4) is 0 Å². The van der Waals surface area contributed by atoms with Crippen LogP contribution >= 0.6 is 0 Å². The van der Waals surface area contributed by atoms with Gasteiger partial charge in [0.15, 0.2) is 0 Å². The molecule has 39 heavy (non-hydrogen) atoms. The minimum atomic E-state index is -0.575. The van der Waals surface area contributed by atoms with Crippen molar-refractivity contribution in [3.8, 4) is 22.4 Å². The van der Waals surface area contributed by atoms with Gasteiger partial charge in [0.2, 0.25) is 0 Å². The Morgan fingerprint density at radius 3 is 2.49 bits per heavy atom. The fraction of sp³-hybridized carbons (Fsp3) is 0.345. The van der Waals surface area contributed by atoms with Crippen molar-refractivity contribution in [2.45, 2.75) is 38.8 Å². The topological polar surface area (TPSA) is 100 Å². The molecule has 1 aromatic carbocycles. The molecule has 0 bridgehead atoms. The molecule has 0 spiro atoms. The maximum absolute atomic E-state index is 13.5. The van der Waals surface area contributed by atoms with Gasteiger partial charge in [-0.25, -0.2) is 9.59 Å². The van der Waals surface area contributed by atoms with Crippen LogP contribution in [-0.2, 0) is 18.8 Å². The zero-order valence-corrected chi connectivity index (χ0v) is 22.8. The predicted octanol–water partition coefficient (Wildman–Crippen LogP) is 4.53. The lowest BCUT2D eigenvalue weighted by Gasteiger charge is -2.24. The van der Waals surface area contributed by atoms with Crippen LogP contribution in [0.15, 0.2) is 59.9 Å². The Morgan fingerprint density at radius 1 is 1.00 bits per heavy atom. The van der Waals surface area contributed by atoms with Crippen LogP contribution in [0.25, 0.3) is 44.3 Å². The molecule has 1 amide bonds. The summed E-state index contributed by atoms with van der Waals surface area (Å²) in [5.41, 5.74) is 5.43. The maximum atomic E-state index is 13.5. The van der Waals surface area contributed by atoms with Crippen LogP contribution in [0.2, 0.25) is 0 Å². The molecule has 5 heterocycles. The minimum Gasteiger partial charge on any atom is -0.444 e. The third kappa shape index (κ3) is 4.45. The zero-order chi connectivity index (χ0) is 27.5. The number of rotatable bonds is 3. The van der Waals surface area contributed by atoms with Crippen molar-refractivity contribution in [2.75, 3.05) is 13.1 Å². The van der Waals surface area contributed by atoms with E-state index in [9.17, 15) is 9.59 Å². The first-order valence-electron chi connectivity index (χ1n) is 13.0. The number of fused-ring (bicyclic) bond motifs is 3. The fourth-order valence-corrected chi connectivity index (χ4v) is 5.28. The average molecular weight is 526 g/mol. The molecule has 5 aromatic rings. The fourth-order valence-electron chi connectivity index (χ4n) is 5.28. The first-order chi connectivity index (χ1) is 18.6. The lowest BCUT2D eigenvalue weighted by molar-refractivity contribution is 0.0289. The summed E-state index contributed by atoms with van der Waals surface area (Å²) >= 11 is 0. The SMILES string of the molecule is Cn1cc(-c2ccc(-c3ccc4ncc5c(c4c3)n(C3CCN(C(=O)OC(C)(C)C)C3)c(=O)n5C)cn2)cn1. The van der Waals surface area contributed by atoms with Gasteiger partial charge >= 0.3 is 11.8 Å². The number of imidazole rings is 1. The highest BCUT2D eigenvalue weighted by Crippen LogP contribution is 2.32. The van der Waals surface area contributed by atoms with Crippen LogP contribution in [0, 0.1) is 0 Å². The Bertz CT molecular complexity index is 1770. The second kappa shape index (κ2) is 9.07. The molecule has 0 aliphatic carbocycles. The Kier molecular flexibility index (Phi) is 5.78. The average Bonchev–Trinajstić information content (AvgIpc) is 3.62. The number of pyridine rings is 2. The van der Waals surface area contributed by atoms with Crippen molar-refractivity contribution >= 4 is 28.0 Å². The first-order valence-corrected chi connectivity index (χ1v) is 13.0. The highest BCUT2D eigenvalue weighted by Gasteiger charge is 2.33. The van der Waals surface area contributed by atoms with Gasteiger partial charge in [0.05, 0.1) is 40.7 Å². The monoisotopic (exact) mass is 525 g/mol. The number of hydrogen-bond acceptors (Lipinski definition) is 6. The Balaban J connectivity index is 1.40. The number of carbonyl (C=O) groups is 1. The van der Waals surface area contributed by atoms with E-state index in [1.165, 1.54) is 0 Å². The third-order valence-corrected chi connectivity index (χ3v) is 7.19. The third-order valence-electron chi connectivity index (χ3n) is 7.19. The van der Waals surface area contributed by atoms with Crippen LogP contribution in [-0.4, -0.2) is 58.6 Å². The van der Waals surface area contributed by atoms with E-state index in [0.717, 1.165) is 44.3 Å². The van der Waals surface area contributed by atoms with E-state index in [2.05, 4.69) is 21.1 Å². The minimum absolute atomic E-state index is 0.122. The number of hydrogen-bond donors (Lipinski definition) is 0. The molecule has 1 aliphatic rings. The lowest BCUT2D eigenvalue weighted by Crippen LogP contribution is -2.36. The van der Waals surface area contributed by atoms with Crippen molar-refractivity contribution in [1.82, 2.24) is 33.8 Å². The second-order valence-corrected chi connectivity index (χ2v) is 11.1. The Hall–Kier alpha value is -4.47. The molecule has 1 aliphatic heterocycles. The first kappa shape index (κ1) is 24.8. The van der Waals surface area contributed by atoms with E-state index in [4.69, 9.17) is 4.74 Å². The highest BCUT2D eigenvalue weighted by atomic mass is 16.6. The highest BCUT2D eigenvalue weighted by molar-refractivity contribution is 6.04. The van der Waals surface area contributed by atoms with Gasteiger partial charge in [-0.2, -0.15) is 5.10 Å². The number of likely N-dealkylation sites (tertiary alicyclic amines) is 1. The molecule has 6 rings (SSSR count). The molecular weight excluding hydrogens is 494 g/mol. The molecule has 10 heteroatoms. The summed E-state index contributed by atoms with van der Waals surface area (Å²) in [6.45, 7) is 6.51. The number of benzene rings is 1.